The lowest BCUT2D eigenvalue weighted by Crippen LogP contribution is -2.55. The Kier molecular flexibility index (Phi) is 12.0. The number of carbonyl (C=O) groups excluding carboxylic acids is 3. The zero-order valence-electron chi connectivity index (χ0n) is 21.2. The van der Waals surface area contributed by atoms with Crippen molar-refractivity contribution in [3.05, 3.63) is 35.4 Å². The van der Waals surface area contributed by atoms with E-state index in [0.717, 1.165) is 19.3 Å². The van der Waals surface area contributed by atoms with Gasteiger partial charge >= 0.3 is 6.09 Å². The first-order valence-electron chi connectivity index (χ1n) is 11.7. The average Bonchev–Trinajstić information content (AvgIpc) is 2.76. The van der Waals surface area contributed by atoms with Crippen LogP contribution in [0.25, 0.3) is 0 Å². The van der Waals surface area contributed by atoms with Crippen molar-refractivity contribution >= 4 is 30.5 Å². The summed E-state index contributed by atoms with van der Waals surface area (Å²) < 4.78 is 5.31. The molecule has 0 aromatic heterocycles. The summed E-state index contributed by atoms with van der Waals surface area (Å²) in [5.41, 5.74) is 0.353. The number of amides is 3. The number of carbonyl (C=O) groups is 3. The molecular weight excluding hydrogens is 450 g/mol. The summed E-state index contributed by atoms with van der Waals surface area (Å²) in [5, 5.41) is 5.55. The first kappa shape index (κ1) is 29.4. The number of nitrogens with one attached hydrogen (secondary N) is 2. The van der Waals surface area contributed by atoms with Gasteiger partial charge in [0.2, 0.25) is 11.8 Å². The molecule has 1 rings (SSSR count). The van der Waals surface area contributed by atoms with E-state index in [0.29, 0.717) is 17.7 Å². The van der Waals surface area contributed by atoms with E-state index >= 15 is 0 Å². The van der Waals surface area contributed by atoms with Crippen molar-refractivity contribution < 1.29 is 19.1 Å². The molecule has 0 radical (unpaired) electrons. The van der Waals surface area contributed by atoms with Crippen LogP contribution in [-0.2, 0) is 14.3 Å². The molecule has 0 aliphatic rings. The maximum atomic E-state index is 13.7. The summed E-state index contributed by atoms with van der Waals surface area (Å²) in [4.78, 5) is 40.9. The van der Waals surface area contributed by atoms with E-state index in [4.69, 9.17) is 11.2 Å². The number of ether oxygens (including phenoxy) is 1. The van der Waals surface area contributed by atoms with Crippen molar-refractivity contribution in [2.24, 2.45) is 0 Å². The van der Waals surface area contributed by atoms with Gasteiger partial charge < -0.3 is 20.3 Å². The summed E-state index contributed by atoms with van der Waals surface area (Å²) >= 11 is 4.28. The summed E-state index contributed by atoms with van der Waals surface area (Å²) in [5.74, 6) is 1.88. The average molecular weight is 490 g/mol. The fraction of sp³-hybridized carbons (Fsp3) is 0.577. The number of thiol groups is 1. The van der Waals surface area contributed by atoms with Crippen molar-refractivity contribution in [2.45, 2.75) is 84.5 Å². The molecule has 1 aromatic rings. The monoisotopic (exact) mass is 489 g/mol. The number of nitrogens with zero attached hydrogens (tertiary/aromatic N) is 1. The molecule has 188 valence electrons. The van der Waals surface area contributed by atoms with E-state index in [-0.39, 0.29) is 17.7 Å². The summed E-state index contributed by atoms with van der Waals surface area (Å²) in [6, 6.07) is 4.74. The Labute approximate surface area is 209 Å². The fourth-order valence-corrected chi connectivity index (χ4v) is 3.71. The van der Waals surface area contributed by atoms with Crippen molar-refractivity contribution in [1.82, 2.24) is 15.5 Å². The van der Waals surface area contributed by atoms with E-state index in [1.807, 2.05) is 13.8 Å². The molecule has 34 heavy (non-hydrogen) atoms. The predicted molar refractivity (Wildman–Crippen MR) is 139 cm³/mol. The lowest BCUT2D eigenvalue weighted by molar-refractivity contribution is -0.144. The van der Waals surface area contributed by atoms with Crippen LogP contribution in [0, 0.1) is 12.3 Å². The van der Waals surface area contributed by atoms with Crippen LogP contribution in [0.3, 0.4) is 0 Å². The van der Waals surface area contributed by atoms with Gasteiger partial charge in [0.15, 0.2) is 0 Å². The summed E-state index contributed by atoms with van der Waals surface area (Å²) in [6.45, 7) is 11.4. The Hall–Kier alpha value is -2.66. The SMILES string of the molecule is C#Cc1ccccc1C(C(=O)NCCCCC)N(C(=O)C(CS)NC(=O)OC(C)(C)C)C(C)C. The van der Waals surface area contributed by atoms with Crippen LogP contribution >= 0.6 is 12.6 Å². The molecule has 0 saturated carbocycles. The van der Waals surface area contributed by atoms with Crippen LogP contribution in [0.5, 0.6) is 0 Å². The van der Waals surface area contributed by atoms with Crippen molar-refractivity contribution in [2.75, 3.05) is 12.3 Å². The third kappa shape index (κ3) is 8.94. The number of hydrogen-bond acceptors (Lipinski definition) is 5. The van der Waals surface area contributed by atoms with Gasteiger partial charge in [0.1, 0.15) is 17.7 Å². The largest absolute Gasteiger partial charge is 0.444 e. The second-order valence-electron chi connectivity index (χ2n) is 9.35. The van der Waals surface area contributed by atoms with Crippen molar-refractivity contribution in [3.63, 3.8) is 0 Å². The predicted octanol–water partition coefficient (Wildman–Crippen LogP) is 4.08. The van der Waals surface area contributed by atoms with Crippen LogP contribution < -0.4 is 10.6 Å². The molecule has 2 atom stereocenters. The quantitative estimate of drug-likeness (QED) is 0.248. The zero-order chi connectivity index (χ0) is 25.9. The maximum Gasteiger partial charge on any atom is 0.408 e. The first-order valence-corrected chi connectivity index (χ1v) is 12.4. The number of hydrogen-bond donors (Lipinski definition) is 3. The van der Waals surface area contributed by atoms with E-state index in [1.54, 1.807) is 45.0 Å². The molecule has 2 N–H and O–H groups in total. The van der Waals surface area contributed by atoms with Gasteiger partial charge in [0, 0.05) is 23.9 Å². The molecule has 0 spiro atoms. The highest BCUT2D eigenvalue weighted by atomic mass is 32.1. The number of rotatable bonds is 11. The number of unbranched alkanes of at least 4 members (excludes halogenated alkanes) is 2. The van der Waals surface area contributed by atoms with Crippen LogP contribution in [0.1, 0.15) is 78.0 Å². The molecule has 0 bridgehead atoms. The first-order chi connectivity index (χ1) is 16.0. The smallest absolute Gasteiger partial charge is 0.408 e. The summed E-state index contributed by atoms with van der Waals surface area (Å²) in [7, 11) is 0. The zero-order valence-corrected chi connectivity index (χ0v) is 22.1. The molecule has 8 heteroatoms. The second-order valence-corrected chi connectivity index (χ2v) is 9.72. The molecule has 7 nitrogen and oxygen atoms in total. The molecule has 0 aliphatic carbocycles. The van der Waals surface area contributed by atoms with Crippen LogP contribution in [0.4, 0.5) is 4.79 Å². The lowest BCUT2D eigenvalue weighted by Gasteiger charge is -2.37. The van der Waals surface area contributed by atoms with Gasteiger partial charge in [-0.15, -0.1) is 6.42 Å². The molecule has 1 aromatic carbocycles. The highest BCUT2D eigenvalue weighted by Gasteiger charge is 2.38. The van der Waals surface area contributed by atoms with Gasteiger partial charge in [-0.25, -0.2) is 4.79 Å². The Bertz CT molecular complexity index is 874. The Morgan fingerprint density at radius 3 is 2.35 bits per heavy atom. The van der Waals surface area contributed by atoms with Crippen molar-refractivity contribution in [1.29, 1.82) is 0 Å². The Balaban J connectivity index is 3.37. The number of terminal acetylenes is 1. The Morgan fingerprint density at radius 2 is 1.82 bits per heavy atom. The molecule has 0 fully saturated rings. The molecule has 3 amide bonds. The van der Waals surface area contributed by atoms with Gasteiger partial charge in [-0.05, 0) is 52.7 Å². The third-order valence-corrected chi connectivity index (χ3v) is 5.36. The van der Waals surface area contributed by atoms with Crippen molar-refractivity contribution in [3.8, 4) is 12.3 Å². The van der Waals surface area contributed by atoms with E-state index in [9.17, 15) is 14.4 Å². The minimum absolute atomic E-state index is 0.0307. The van der Waals surface area contributed by atoms with Gasteiger partial charge in [-0.3, -0.25) is 9.59 Å². The van der Waals surface area contributed by atoms with E-state index < -0.39 is 29.7 Å². The van der Waals surface area contributed by atoms with Crippen LogP contribution in [-0.4, -0.2) is 52.8 Å². The fourth-order valence-electron chi connectivity index (χ4n) is 3.46. The number of benzene rings is 1. The van der Waals surface area contributed by atoms with E-state index in [1.165, 1.54) is 4.90 Å². The highest BCUT2D eigenvalue weighted by molar-refractivity contribution is 7.80. The summed E-state index contributed by atoms with van der Waals surface area (Å²) in [6.07, 6.45) is 7.84. The van der Waals surface area contributed by atoms with Crippen LogP contribution in [0.2, 0.25) is 0 Å². The van der Waals surface area contributed by atoms with Gasteiger partial charge in [0.25, 0.3) is 0 Å². The minimum Gasteiger partial charge on any atom is -0.444 e. The Morgan fingerprint density at radius 1 is 1.18 bits per heavy atom. The van der Waals surface area contributed by atoms with Crippen LogP contribution in [0.15, 0.2) is 24.3 Å². The molecule has 0 aliphatic heterocycles. The molecule has 0 heterocycles. The van der Waals surface area contributed by atoms with Gasteiger partial charge in [0.05, 0.1) is 0 Å². The topological polar surface area (TPSA) is 87.7 Å². The van der Waals surface area contributed by atoms with Gasteiger partial charge in [-0.2, -0.15) is 12.6 Å². The normalized spacial score (nSPS) is 12.9. The molecular formula is C26H39N3O4S. The van der Waals surface area contributed by atoms with Gasteiger partial charge in [-0.1, -0.05) is 43.9 Å². The minimum atomic E-state index is -0.992. The third-order valence-electron chi connectivity index (χ3n) is 5.00. The van der Waals surface area contributed by atoms with E-state index in [2.05, 4.69) is 36.1 Å². The number of alkyl carbamates (subject to hydrolysis) is 1. The standard InChI is InChI=1S/C26H39N3O4S/c1-8-10-13-16-27-23(30)22(20-15-12-11-14-19(20)9-2)29(18(3)4)24(31)21(17-34)28-25(32)33-26(5,6)7/h2,11-12,14-15,18,21-22,34H,8,10,13,16-17H2,1,3-7H3,(H,27,30)(H,28,32). The highest BCUT2D eigenvalue weighted by Crippen LogP contribution is 2.27. The maximum absolute atomic E-state index is 13.7. The lowest BCUT2D eigenvalue weighted by atomic mass is 9.96. The second kappa shape index (κ2) is 13.9. The molecule has 0 saturated heterocycles. The molecule has 2 unspecified atom stereocenters.